The van der Waals surface area contributed by atoms with Crippen LogP contribution in [0.5, 0.6) is 0 Å². The zero-order valence-electron chi connectivity index (χ0n) is 9.41. The van der Waals surface area contributed by atoms with E-state index in [-0.39, 0.29) is 5.79 Å². The Kier molecular flexibility index (Phi) is 2.77. The van der Waals surface area contributed by atoms with Gasteiger partial charge in [0.25, 0.3) is 0 Å². The maximum atomic E-state index is 5.69. The summed E-state index contributed by atoms with van der Waals surface area (Å²) in [7, 11) is 0. The van der Waals surface area contributed by atoms with Crippen LogP contribution in [-0.2, 0) is 9.47 Å². The molecule has 2 saturated heterocycles. The molecule has 1 spiro atoms. The molecule has 0 bridgehead atoms. The summed E-state index contributed by atoms with van der Waals surface area (Å²) in [4.78, 5) is 2.24. The molecule has 0 aromatic heterocycles. The molecular weight excluding hydrogens is 224 g/mol. The van der Waals surface area contributed by atoms with E-state index in [0.717, 1.165) is 44.3 Å². The monoisotopic (exact) mass is 242 g/mol. The van der Waals surface area contributed by atoms with Crippen LogP contribution in [0.15, 0.2) is 0 Å². The van der Waals surface area contributed by atoms with Gasteiger partial charge in [-0.3, -0.25) is 0 Å². The molecule has 4 nitrogen and oxygen atoms in total. The van der Waals surface area contributed by atoms with E-state index in [1.165, 1.54) is 12.8 Å². The predicted octanol–water partition coefficient (Wildman–Crippen LogP) is 0.862. The molecule has 0 amide bonds. The molecule has 2 aliphatic heterocycles. The number of ether oxygens (including phenoxy) is 2. The molecule has 2 heterocycles. The molecule has 1 aliphatic carbocycles. The molecule has 0 unspecified atom stereocenters. The van der Waals surface area contributed by atoms with E-state index in [1.54, 1.807) is 0 Å². The van der Waals surface area contributed by atoms with Gasteiger partial charge in [-0.15, -0.1) is 0 Å². The lowest BCUT2D eigenvalue weighted by atomic mass is 10.0. The Morgan fingerprint density at radius 3 is 2.38 bits per heavy atom. The average molecular weight is 242 g/mol. The average Bonchev–Trinajstić information content (AvgIpc) is 3.00. The summed E-state index contributed by atoms with van der Waals surface area (Å²) in [5.74, 6) is -0.286. The second kappa shape index (κ2) is 4.13. The summed E-state index contributed by atoms with van der Waals surface area (Å²) >= 11 is 5.39. The molecule has 3 fully saturated rings. The van der Waals surface area contributed by atoms with Crippen molar-refractivity contribution in [1.29, 1.82) is 0 Å². The minimum absolute atomic E-state index is 0.286. The van der Waals surface area contributed by atoms with Gasteiger partial charge in [-0.2, -0.15) is 0 Å². The van der Waals surface area contributed by atoms with E-state index < -0.39 is 0 Å². The fourth-order valence-corrected chi connectivity index (χ4v) is 2.68. The third-order valence-corrected chi connectivity index (χ3v) is 3.91. The fourth-order valence-electron chi connectivity index (χ4n) is 2.33. The van der Waals surface area contributed by atoms with Crippen LogP contribution in [0, 0.1) is 0 Å². The van der Waals surface area contributed by atoms with Crippen LogP contribution in [0.3, 0.4) is 0 Å². The quantitative estimate of drug-likeness (QED) is 0.690. The molecule has 0 aromatic carbocycles. The third-order valence-electron chi connectivity index (χ3n) is 3.53. The number of hydrogen-bond donors (Lipinski definition) is 1. The molecule has 16 heavy (non-hydrogen) atoms. The van der Waals surface area contributed by atoms with E-state index in [4.69, 9.17) is 21.7 Å². The Morgan fingerprint density at radius 2 is 1.81 bits per heavy atom. The van der Waals surface area contributed by atoms with Gasteiger partial charge in [0, 0.05) is 32.0 Å². The maximum absolute atomic E-state index is 5.69. The van der Waals surface area contributed by atoms with Gasteiger partial charge < -0.3 is 19.7 Å². The highest BCUT2D eigenvalue weighted by Gasteiger charge is 2.40. The van der Waals surface area contributed by atoms with Crippen LogP contribution in [-0.4, -0.2) is 48.1 Å². The second-order valence-electron chi connectivity index (χ2n) is 4.82. The molecule has 3 aliphatic rings. The van der Waals surface area contributed by atoms with Crippen molar-refractivity contribution in [3.05, 3.63) is 0 Å². The van der Waals surface area contributed by atoms with Crippen molar-refractivity contribution in [2.45, 2.75) is 37.5 Å². The first-order valence-corrected chi connectivity index (χ1v) is 6.52. The van der Waals surface area contributed by atoms with E-state index in [1.807, 2.05) is 0 Å². The molecule has 90 valence electrons. The fraction of sp³-hybridized carbons (Fsp3) is 0.909. The van der Waals surface area contributed by atoms with E-state index >= 15 is 0 Å². The topological polar surface area (TPSA) is 33.7 Å². The number of piperidine rings is 1. The van der Waals surface area contributed by atoms with Crippen molar-refractivity contribution in [3.63, 3.8) is 0 Å². The summed E-state index contributed by atoms with van der Waals surface area (Å²) in [5.41, 5.74) is 0. The lowest BCUT2D eigenvalue weighted by Crippen LogP contribution is -2.50. The SMILES string of the molecule is S=C(NC1CC1)N1CCC2(CC1)OCCO2. The highest BCUT2D eigenvalue weighted by atomic mass is 32.1. The van der Waals surface area contributed by atoms with Gasteiger partial charge in [-0.25, -0.2) is 0 Å². The summed E-state index contributed by atoms with van der Waals surface area (Å²) in [5, 5.41) is 4.29. The summed E-state index contributed by atoms with van der Waals surface area (Å²) in [6.45, 7) is 3.37. The van der Waals surface area contributed by atoms with Gasteiger partial charge in [-0.05, 0) is 25.1 Å². The first-order valence-electron chi connectivity index (χ1n) is 6.11. The highest BCUT2D eigenvalue weighted by Crippen LogP contribution is 2.31. The molecule has 1 N–H and O–H groups in total. The van der Waals surface area contributed by atoms with E-state index in [0.29, 0.717) is 6.04 Å². The summed E-state index contributed by atoms with van der Waals surface area (Å²) in [6.07, 6.45) is 4.40. The normalized spacial score (nSPS) is 28.4. The predicted molar refractivity (Wildman–Crippen MR) is 64.2 cm³/mol. The number of thiocarbonyl (C=S) groups is 1. The molecule has 0 radical (unpaired) electrons. The molecule has 5 heteroatoms. The van der Waals surface area contributed by atoms with Crippen LogP contribution in [0.25, 0.3) is 0 Å². The number of likely N-dealkylation sites (tertiary alicyclic amines) is 1. The van der Waals surface area contributed by atoms with Crippen molar-refractivity contribution in [3.8, 4) is 0 Å². The first kappa shape index (κ1) is 10.7. The van der Waals surface area contributed by atoms with Gasteiger partial charge in [0.1, 0.15) is 0 Å². The van der Waals surface area contributed by atoms with Crippen LogP contribution < -0.4 is 5.32 Å². The first-order chi connectivity index (χ1) is 7.77. The third kappa shape index (κ3) is 2.17. The van der Waals surface area contributed by atoms with Crippen LogP contribution in [0.2, 0.25) is 0 Å². The van der Waals surface area contributed by atoms with Crippen molar-refractivity contribution >= 4 is 17.3 Å². The van der Waals surface area contributed by atoms with Gasteiger partial charge in [0.2, 0.25) is 0 Å². The summed E-state index contributed by atoms with van der Waals surface area (Å²) in [6, 6.07) is 0.641. The number of nitrogens with zero attached hydrogens (tertiary/aromatic N) is 1. The highest BCUT2D eigenvalue weighted by molar-refractivity contribution is 7.80. The lowest BCUT2D eigenvalue weighted by molar-refractivity contribution is -0.180. The lowest BCUT2D eigenvalue weighted by Gasteiger charge is -2.38. The molecule has 3 rings (SSSR count). The minimum Gasteiger partial charge on any atom is -0.360 e. The van der Waals surface area contributed by atoms with E-state index in [2.05, 4.69) is 10.2 Å². The van der Waals surface area contributed by atoms with Crippen molar-refractivity contribution in [2.75, 3.05) is 26.3 Å². The van der Waals surface area contributed by atoms with Crippen molar-refractivity contribution in [2.24, 2.45) is 0 Å². The van der Waals surface area contributed by atoms with Crippen LogP contribution >= 0.6 is 12.2 Å². The van der Waals surface area contributed by atoms with Crippen LogP contribution in [0.1, 0.15) is 25.7 Å². The van der Waals surface area contributed by atoms with Crippen LogP contribution in [0.4, 0.5) is 0 Å². The maximum Gasteiger partial charge on any atom is 0.171 e. The Hall–Kier alpha value is -0.390. The molecule has 1 saturated carbocycles. The smallest absolute Gasteiger partial charge is 0.171 e. The molecular formula is C11H18N2O2S. The van der Waals surface area contributed by atoms with E-state index in [9.17, 15) is 0 Å². The number of nitrogens with one attached hydrogen (secondary N) is 1. The number of hydrogen-bond acceptors (Lipinski definition) is 3. The standard InChI is InChI=1S/C11H18N2O2S/c16-10(12-9-1-2-9)13-5-3-11(4-6-13)14-7-8-15-11/h9H,1-8H2,(H,12,16). The van der Waals surface area contributed by atoms with Gasteiger partial charge >= 0.3 is 0 Å². The number of rotatable bonds is 1. The Bertz CT molecular complexity index is 278. The zero-order valence-corrected chi connectivity index (χ0v) is 10.2. The van der Waals surface area contributed by atoms with Crippen molar-refractivity contribution < 1.29 is 9.47 Å². The molecule has 0 aromatic rings. The summed E-state index contributed by atoms with van der Waals surface area (Å²) < 4.78 is 11.4. The molecule has 0 atom stereocenters. The second-order valence-corrected chi connectivity index (χ2v) is 5.21. The Labute approximate surface area is 101 Å². The zero-order chi connectivity index (χ0) is 11.0. The van der Waals surface area contributed by atoms with Crippen molar-refractivity contribution in [1.82, 2.24) is 10.2 Å². The minimum atomic E-state index is -0.286. The Balaban J connectivity index is 1.51. The van der Waals surface area contributed by atoms with Gasteiger partial charge in [0.05, 0.1) is 13.2 Å². The largest absolute Gasteiger partial charge is 0.360 e. The van der Waals surface area contributed by atoms with Gasteiger partial charge in [0.15, 0.2) is 10.9 Å². The van der Waals surface area contributed by atoms with Gasteiger partial charge in [-0.1, -0.05) is 0 Å². The Morgan fingerprint density at radius 1 is 1.19 bits per heavy atom.